The summed E-state index contributed by atoms with van der Waals surface area (Å²) >= 11 is 0. The Kier molecular flexibility index (Phi) is 6.49. The van der Waals surface area contributed by atoms with Crippen LogP contribution >= 0.6 is 0 Å². The first-order valence-electron chi connectivity index (χ1n) is 13.8. The molecule has 0 radical (unpaired) electrons. The lowest BCUT2D eigenvalue weighted by atomic mass is 9.90. The quantitative estimate of drug-likeness (QED) is 0.504. The van der Waals surface area contributed by atoms with Crippen molar-refractivity contribution >= 4 is 23.5 Å². The van der Waals surface area contributed by atoms with Gasteiger partial charge in [0.25, 0.3) is 5.91 Å². The highest BCUT2D eigenvalue weighted by molar-refractivity contribution is 6.01. The van der Waals surface area contributed by atoms with Crippen LogP contribution in [0.2, 0.25) is 0 Å². The molecule has 0 spiro atoms. The van der Waals surface area contributed by atoms with E-state index in [1.54, 1.807) is 36.4 Å². The summed E-state index contributed by atoms with van der Waals surface area (Å²) in [5.74, 6) is -2.63. The lowest BCUT2D eigenvalue weighted by Crippen LogP contribution is -2.56. The van der Waals surface area contributed by atoms with Gasteiger partial charge in [-0.15, -0.1) is 0 Å². The first kappa shape index (κ1) is 25.7. The molecule has 2 saturated heterocycles. The van der Waals surface area contributed by atoms with Gasteiger partial charge in [-0.1, -0.05) is 55.0 Å². The van der Waals surface area contributed by atoms with Gasteiger partial charge in [-0.3, -0.25) is 19.2 Å². The second-order valence-electron chi connectivity index (χ2n) is 11.2. The molecule has 1 saturated carbocycles. The Morgan fingerprint density at radius 2 is 1.72 bits per heavy atom. The number of halogens is 1. The molecule has 3 fully saturated rings. The Bertz CT molecular complexity index is 1300. The molecule has 2 aliphatic carbocycles. The summed E-state index contributed by atoms with van der Waals surface area (Å²) in [7, 11) is 0. The largest absolute Gasteiger partial charge is 0.389 e. The highest BCUT2D eigenvalue weighted by Crippen LogP contribution is 2.52. The summed E-state index contributed by atoms with van der Waals surface area (Å²) in [5, 5.41) is 15.0. The monoisotopic (exact) mass is 533 g/mol. The van der Waals surface area contributed by atoms with Crippen LogP contribution in [0.25, 0.3) is 11.1 Å². The zero-order valence-corrected chi connectivity index (χ0v) is 21.6. The van der Waals surface area contributed by atoms with Crippen molar-refractivity contribution in [1.82, 2.24) is 15.5 Å². The molecule has 6 rings (SSSR count). The van der Waals surface area contributed by atoms with Gasteiger partial charge in [0, 0.05) is 30.1 Å². The SMILES string of the molecule is O=C1NCCC1CC(NC(=O)C1C2CCCC2CN1C(=O)C1(F)c2ccccc2-c2ccccc21)C(=O)CO. The number of likely N-dealkylation sites (tertiary alicyclic amines) is 1. The molecule has 4 aliphatic rings. The first-order chi connectivity index (χ1) is 18.8. The molecule has 2 heterocycles. The highest BCUT2D eigenvalue weighted by Gasteiger charge is 2.58. The summed E-state index contributed by atoms with van der Waals surface area (Å²) in [5.41, 5.74) is -0.575. The van der Waals surface area contributed by atoms with E-state index in [1.165, 1.54) is 4.90 Å². The Morgan fingerprint density at radius 1 is 1.05 bits per heavy atom. The van der Waals surface area contributed by atoms with Crippen LogP contribution in [0.4, 0.5) is 4.39 Å². The average molecular weight is 534 g/mol. The third kappa shape index (κ3) is 4.06. The van der Waals surface area contributed by atoms with Crippen LogP contribution in [0.1, 0.15) is 43.2 Å². The van der Waals surface area contributed by atoms with E-state index in [4.69, 9.17) is 0 Å². The highest BCUT2D eigenvalue weighted by atomic mass is 19.1. The van der Waals surface area contributed by atoms with Crippen molar-refractivity contribution < 1.29 is 28.7 Å². The van der Waals surface area contributed by atoms with Crippen LogP contribution < -0.4 is 10.6 Å². The number of hydrogen-bond acceptors (Lipinski definition) is 5. The van der Waals surface area contributed by atoms with E-state index >= 15 is 4.39 Å². The molecule has 8 nitrogen and oxygen atoms in total. The number of aliphatic hydroxyl groups excluding tert-OH is 1. The molecular weight excluding hydrogens is 501 g/mol. The molecule has 2 aliphatic heterocycles. The summed E-state index contributed by atoms with van der Waals surface area (Å²) in [4.78, 5) is 54.2. The van der Waals surface area contributed by atoms with E-state index in [9.17, 15) is 24.3 Å². The van der Waals surface area contributed by atoms with Crippen molar-refractivity contribution in [3.05, 3.63) is 59.7 Å². The lowest BCUT2D eigenvalue weighted by molar-refractivity contribution is -0.148. The number of carbonyl (C=O) groups excluding carboxylic acids is 4. The summed E-state index contributed by atoms with van der Waals surface area (Å²) in [6.07, 6.45) is 3.08. The Balaban J connectivity index is 1.32. The summed E-state index contributed by atoms with van der Waals surface area (Å²) in [6.45, 7) is -0.0191. The van der Waals surface area contributed by atoms with Gasteiger partial charge in [0.1, 0.15) is 12.6 Å². The standard InChI is InChI=1S/C30H32FN3O5/c31-30(22-10-3-1-7-20(22)21-8-2-4-11-23(21)30)29(39)34-15-18-6-5-9-19(18)26(34)28(38)33-24(25(36)16-35)14-17-12-13-32-27(17)37/h1-4,7-8,10-11,17-19,24,26,35H,5-6,9,12-16H2,(H,32,37)(H,33,38). The number of carbonyl (C=O) groups is 4. The van der Waals surface area contributed by atoms with Crippen molar-refractivity contribution in [3.63, 3.8) is 0 Å². The van der Waals surface area contributed by atoms with Crippen molar-refractivity contribution in [2.45, 2.75) is 49.9 Å². The number of nitrogens with zero attached hydrogens (tertiary/aromatic N) is 1. The number of aliphatic hydroxyl groups is 1. The van der Waals surface area contributed by atoms with E-state index in [0.29, 0.717) is 24.1 Å². The van der Waals surface area contributed by atoms with Crippen molar-refractivity contribution in [2.24, 2.45) is 17.8 Å². The fourth-order valence-electron chi connectivity index (χ4n) is 7.25. The number of Topliss-reactive ketones (excluding diaryl/α,β-unsaturated/α-hetero) is 1. The minimum atomic E-state index is -2.44. The Hall–Kier alpha value is -3.59. The molecule has 0 aromatic heterocycles. The number of fused-ring (bicyclic) bond motifs is 4. The molecule has 39 heavy (non-hydrogen) atoms. The zero-order chi connectivity index (χ0) is 27.3. The molecular formula is C30H32FN3O5. The van der Waals surface area contributed by atoms with Gasteiger partial charge >= 0.3 is 0 Å². The maximum Gasteiger partial charge on any atom is 0.270 e. The minimum Gasteiger partial charge on any atom is -0.389 e. The molecule has 5 atom stereocenters. The van der Waals surface area contributed by atoms with E-state index in [-0.39, 0.29) is 41.8 Å². The van der Waals surface area contributed by atoms with Crippen LogP contribution in [0.15, 0.2) is 48.5 Å². The van der Waals surface area contributed by atoms with Crippen LogP contribution in [0.3, 0.4) is 0 Å². The molecule has 2 aromatic rings. The molecule has 3 N–H and O–H groups in total. The normalized spacial score (nSPS) is 26.9. The van der Waals surface area contributed by atoms with Gasteiger partial charge in [-0.25, -0.2) is 4.39 Å². The Labute approximate surface area is 225 Å². The fourth-order valence-corrected chi connectivity index (χ4v) is 7.25. The minimum absolute atomic E-state index is 0.0628. The molecule has 0 bridgehead atoms. The molecule has 5 unspecified atom stereocenters. The van der Waals surface area contributed by atoms with Crippen LogP contribution in [0.5, 0.6) is 0 Å². The number of nitrogens with one attached hydrogen (secondary N) is 2. The number of rotatable bonds is 7. The van der Waals surface area contributed by atoms with E-state index in [0.717, 1.165) is 19.3 Å². The number of ketones is 1. The van der Waals surface area contributed by atoms with Gasteiger partial charge in [-0.05, 0) is 48.6 Å². The van der Waals surface area contributed by atoms with Crippen molar-refractivity contribution in [1.29, 1.82) is 0 Å². The first-order valence-corrected chi connectivity index (χ1v) is 13.8. The van der Waals surface area contributed by atoms with Gasteiger partial charge in [0.05, 0.1) is 6.04 Å². The van der Waals surface area contributed by atoms with Gasteiger partial charge in [-0.2, -0.15) is 0 Å². The Morgan fingerprint density at radius 3 is 2.33 bits per heavy atom. The topological polar surface area (TPSA) is 116 Å². The molecule has 9 heteroatoms. The predicted molar refractivity (Wildman–Crippen MR) is 140 cm³/mol. The van der Waals surface area contributed by atoms with Crippen LogP contribution in [-0.4, -0.2) is 65.3 Å². The molecule has 3 amide bonds. The zero-order valence-electron chi connectivity index (χ0n) is 21.6. The third-order valence-corrected chi connectivity index (χ3v) is 9.15. The van der Waals surface area contributed by atoms with E-state index in [1.807, 2.05) is 12.1 Å². The maximum absolute atomic E-state index is 17.3. The third-order valence-electron chi connectivity index (χ3n) is 9.15. The smallest absolute Gasteiger partial charge is 0.270 e. The van der Waals surface area contributed by atoms with E-state index in [2.05, 4.69) is 10.6 Å². The number of hydrogen-bond donors (Lipinski definition) is 3. The van der Waals surface area contributed by atoms with Gasteiger partial charge in [0.15, 0.2) is 5.78 Å². The number of benzene rings is 2. The summed E-state index contributed by atoms with van der Waals surface area (Å²) < 4.78 is 17.3. The number of amides is 3. The fraction of sp³-hybridized carbons (Fsp3) is 0.467. The maximum atomic E-state index is 17.3. The lowest BCUT2D eigenvalue weighted by Gasteiger charge is -2.33. The average Bonchev–Trinajstić information content (AvgIpc) is 3.71. The second-order valence-corrected chi connectivity index (χ2v) is 11.2. The predicted octanol–water partition coefficient (Wildman–Crippen LogP) is 2.08. The van der Waals surface area contributed by atoms with Gasteiger partial charge < -0.3 is 20.6 Å². The molecule has 204 valence electrons. The van der Waals surface area contributed by atoms with Crippen LogP contribution in [0, 0.1) is 17.8 Å². The number of alkyl halides is 1. The molecule has 2 aromatic carbocycles. The summed E-state index contributed by atoms with van der Waals surface area (Å²) in [6, 6.07) is 11.9. The van der Waals surface area contributed by atoms with E-state index < -0.39 is 47.9 Å². The van der Waals surface area contributed by atoms with Crippen molar-refractivity contribution in [3.8, 4) is 11.1 Å². The van der Waals surface area contributed by atoms with Crippen molar-refractivity contribution in [2.75, 3.05) is 19.7 Å². The second kappa shape index (κ2) is 9.86. The van der Waals surface area contributed by atoms with Crippen LogP contribution in [-0.2, 0) is 24.8 Å². The van der Waals surface area contributed by atoms with Gasteiger partial charge in [0.2, 0.25) is 17.5 Å².